The highest BCUT2D eigenvalue weighted by atomic mass is 127. The molecule has 2 rings (SSSR count). The number of aryl methyl sites for hydroxylation is 1. The third-order valence-electron chi connectivity index (χ3n) is 2.43. The van der Waals surface area contributed by atoms with E-state index in [0.29, 0.717) is 22.4 Å². The largest absolute Gasteiger partial charge is 0.383 e. The molecule has 0 aliphatic carbocycles. The second-order valence-electron chi connectivity index (χ2n) is 3.68. The Morgan fingerprint density at radius 1 is 1.41 bits per heavy atom. The van der Waals surface area contributed by atoms with Crippen LogP contribution in [0.5, 0.6) is 0 Å². The molecule has 2 N–H and O–H groups in total. The number of rotatable bonds is 2. The van der Waals surface area contributed by atoms with Gasteiger partial charge in [-0.3, -0.25) is 0 Å². The molecule has 1 aromatic carbocycles. The van der Waals surface area contributed by atoms with Crippen LogP contribution in [0.3, 0.4) is 0 Å². The summed E-state index contributed by atoms with van der Waals surface area (Å²) in [4.78, 5) is 0. The fourth-order valence-corrected chi connectivity index (χ4v) is 2.36. The second kappa shape index (κ2) is 5.04. The highest BCUT2D eigenvalue weighted by Crippen LogP contribution is 2.24. The molecule has 0 saturated carbocycles. The van der Waals surface area contributed by atoms with E-state index in [2.05, 4.69) is 27.7 Å². The summed E-state index contributed by atoms with van der Waals surface area (Å²) in [5, 5.41) is 5.61. The first-order valence-corrected chi connectivity index (χ1v) is 6.75. The Bertz CT molecular complexity index is 566. The summed E-state index contributed by atoms with van der Waals surface area (Å²) in [6, 6.07) is 5.41. The van der Waals surface area contributed by atoms with Gasteiger partial charge in [-0.05, 0) is 47.2 Å². The predicted octanol–water partition coefficient (Wildman–Crippen LogP) is 3.73. The van der Waals surface area contributed by atoms with Gasteiger partial charge in [0.25, 0.3) is 0 Å². The Morgan fingerprint density at radius 3 is 2.65 bits per heavy atom. The molecule has 2 aromatic rings. The van der Waals surface area contributed by atoms with Crippen molar-refractivity contribution in [2.45, 2.75) is 13.5 Å². The van der Waals surface area contributed by atoms with E-state index in [-0.39, 0.29) is 0 Å². The Hall–Kier alpha value is -0.460. The van der Waals surface area contributed by atoms with Gasteiger partial charge < -0.3 is 5.73 Å². The van der Waals surface area contributed by atoms with E-state index in [1.165, 1.54) is 0 Å². The number of nitrogen functional groups attached to an aromatic ring is 1. The minimum absolute atomic E-state index is 0.547. The lowest BCUT2D eigenvalue weighted by Gasteiger charge is -2.06. The molecule has 3 nitrogen and oxygen atoms in total. The molecule has 17 heavy (non-hydrogen) atoms. The summed E-state index contributed by atoms with van der Waals surface area (Å²) < 4.78 is 2.72. The quantitative estimate of drug-likeness (QED) is 0.805. The standard InChI is InChI=1S/C11H10Cl2IN3/c1-6-10(14)11(15)17(16-6)5-7-2-3-8(12)4-9(7)13/h2-4H,5,15H2,1H3. The zero-order valence-corrected chi connectivity index (χ0v) is 12.7. The van der Waals surface area contributed by atoms with Gasteiger partial charge in [0.1, 0.15) is 5.82 Å². The fourth-order valence-electron chi connectivity index (χ4n) is 1.51. The van der Waals surface area contributed by atoms with E-state index in [1.807, 2.05) is 13.0 Å². The highest BCUT2D eigenvalue weighted by Gasteiger charge is 2.11. The number of anilines is 1. The van der Waals surface area contributed by atoms with Crippen LogP contribution in [0.15, 0.2) is 18.2 Å². The zero-order valence-electron chi connectivity index (χ0n) is 9.04. The maximum atomic E-state index is 6.11. The van der Waals surface area contributed by atoms with Crippen LogP contribution in [0, 0.1) is 10.5 Å². The van der Waals surface area contributed by atoms with Crippen molar-refractivity contribution in [1.82, 2.24) is 9.78 Å². The molecule has 6 heteroatoms. The molecule has 0 radical (unpaired) electrons. The van der Waals surface area contributed by atoms with E-state index in [4.69, 9.17) is 28.9 Å². The van der Waals surface area contributed by atoms with Crippen LogP contribution < -0.4 is 5.73 Å². The number of hydrogen-bond donors (Lipinski definition) is 1. The molecule has 0 bridgehead atoms. The van der Waals surface area contributed by atoms with Crippen LogP contribution in [-0.4, -0.2) is 9.78 Å². The van der Waals surface area contributed by atoms with Crippen molar-refractivity contribution in [2.75, 3.05) is 5.73 Å². The molecule has 0 aliphatic heterocycles. The van der Waals surface area contributed by atoms with Crippen molar-refractivity contribution < 1.29 is 0 Å². The van der Waals surface area contributed by atoms with Crippen molar-refractivity contribution in [3.05, 3.63) is 43.1 Å². The van der Waals surface area contributed by atoms with Crippen LogP contribution in [-0.2, 0) is 6.54 Å². The van der Waals surface area contributed by atoms with E-state index < -0.39 is 0 Å². The van der Waals surface area contributed by atoms with E-state index in [1.54, 1.807) is 16.8 Å². The molecule has 0 amide bonds. The minimum atomic E-state index is 0.547. The third-order valence-corrected chi connectivity index (χ3v) is 4.35. The average Bonchev–Trinajstić information content (AvgIpc) is 2.50. The zero-order chi connectivity index (χ0) is 12.6. The third kappa shape index (κ3) is 2.69. The average molecular weight is 382 g/mol. The molecule has 0 fully saturated rings. The number of nitrogens with zero attached hydrogens (tertiary/aromatic N) is 2. The lowest BCUT2D eigenvalue weighted by atomic mass is 10.2. The van der Waals surface area contributed by atoms with E-state index >= 15 is 0 Å². The molecule has 0 unspecified atom stereocenters. The van der Waals surface area contributed by atoms with Crippen molar-refractivity contribution in [2.24, 2.45) is 0 Å². The molecular formula is C11H10Cl2IN3. The Morgan fingerprint density at radius 2 is 2.12 bits per heavy atom. The van der Waals surface area contributed by atoms with E-state index in [9.17, 15) is 0 Å². The monoisotopic (exact) mass is 381 g/mol. The van der Waals surface area contributed by atoms with Gasteiger partial charge in [0.2, 0.25) is 0 Å². The summed E-state index contributed by atoms with van der Waals surface area (Å²) in [5.41, 5.74) is 7.83. The summed E-state index contributed by atoms with van der Waals surface area (Å²) in [6.07, 6.45) is 0. The predicted molar refractivity (Wildman–Crippen MR) is 79.7 cm³/mol. The Kier molecular flexibility index (Phi) is 3.85. The Labute approximate surface area is 123 Å². The molecular weight excluding hydrogens is 372 g/mol. The lowest BCUT2D eigenvalue weighted by Crippen LogP contribution is -2.06. The first kappa shape index (κ1) is 13.0. The molecule has 90 valence electrons. The van der Waals surface area contributed by atoms with E-state index in [0.717, 1.165) is 14.8 Å². The maximum Gasteiger partial charge on any atom is 0.135 e. The summed E-state index contributed by atoms with van der Waals surface area (Å²) in [5.74, 6) is 0.661. The van der Waals surface area contributed by atoms with Gasteiger partial charge in [0, 0.05) is 10.0 Å². The number of nitrogens with two attached hydrogens (primary N) is 1. The SMILES string of the molecule is Cc1nn(Cc2ccc(Cl)cc2Cl)c(N)c1I. The summed E-state index contributed by atoms with van der Waals surface area (Å²) in [6.45, 7) is 2.48. The van der Waals surface area contributed by atoms with Gasteiger partial charge >= 0.3 is 0 Å². The lowest BCUT2D eigenvalue weighted by molar-refractivity contribution is 0.689. The number of benzene rings is 1. The maximum absolute atomic E-state index is 6.11. The van der Waals surface area contributed by atoms with Gasteiger partial charge in [-0.25, -0.2) is 4.68 Å². The Balaban J connectivity index is 2.34. The number of halogens is 3. The summed E-state index contributed by atoms with van der Waals surface area (Å²) in [7, 11) is 0. The molecule has 0 saturated heterocycles. The van der Waals surface area contributed by atoms with Crippen molar-refractivity contribution in [3.63, 3.8) is 0 Å². The van der Waals surface area contributed by atoms with Gasteiger partial charge in [0.15, 0.2) is 0 Å². The molecule has 0 aliphatic rings. The molecule has 1 aromatic heterocycles. The number of hydrogen-bond acceptors (Lipinski definition) is 2. The van der Waals surface area contributed by atoms with Crippen LogP contribution in [0.4, 0.5) is 5.82 Å². The minimum Gasteiger partial charge on any atom is -0.383 e. The molecule has 1 heterocycles. The molecule has 0 atom stereocenters. The first-order chi connectivity index (χ1) is 7.99. The normalized spacial score (nSPS) is 10.8. The van der Waals surface area contributed by atoms with Crippen LogP contribution in [0.2, 0.25) is 10.0 Å². The number of aromatic nitrogens is 2. The fraction of sp³-hybridized carbons (Fsp3) is 0.182. The topological polar surface area (TPSA) is 43.8 Å². The van der Waals surface area contributed by atoms with Gasteiger partial charge in [0.05, 0.1) is 15.8 Å². The van der Waals surface area contributed by atoms with Crippen LogP contribution >= 0.6 is 45.8 Å². The van der Waals surface area contributed by atoms with Crippen molar-refractivity contribution >= 4 is 51.6 Å². The van der Waals surface area contributed by atoms with Gasteiger partial charge in [-0.15, -0.1) is 0 Å². The first-order valence-electron chi connectivity index (χ1n) is 4.91. The molecule has 0 spiro atoms. The van der Waals surface area contributed by atoms with Crippen molar-refractivity contribution in [3.8, 4) is 0 Å². The van der Waals surface area contributed by atoms with Crippen LogP contribution in [0.1, 0.15) is 11.3 Å². The van der Waals surface area contributed by atoms with Crippen molar-refractivity contribution in [1.29, 1.82) is 0 Å². The van der Waals surface area contributed by atoms with Gasteiger partial charge in [-0.1, -0.05) is 29.3 Å². The van der Waals surface area contributed by atoms with Crippen LogP contribution in [0.25, 0.3) is 0 Å². The summed E-state index contributed by atoms with van der Waals surface area (Å²) >= 11 is 14.1. The highest BCUT2D eigenvalue weighted by molar-refractivity contribution is 14.1. The smallest absolute Gasteiger partial charge is 0.135 e. The van der Waals surface area contributed by atoms with Gasteiger partial charge in [-0.2, -0.15) is 5.10 Å². The second-order valence-corrected chi connectivity index (χ2v) is 5.60.